The van der Waals surface area contributed by atoms with E-state index in [-0.39, 0.29) is 17.6 Å². The van der Waals surface area contributed by atoms with E-state index in [4.69, 9.17) is 15.2 Å². The van der Waals surface area contributed by atoms with Gasteiger partial charge in [-0.05, 0) is 88.1 Å². The number of aromatic nitrogens is 1. The number of carbonyl (C=O) groups excluding carboxylic acids is 1. The summed E-state index contributed by atoms with van der Waals surface area (Å²) in [5, 5.41) is 0. The van der Waals surface area contributed by atoms with Crippen LogP contribution in [-0.2, 0) is 17.6 Å². The first-order valence-electron chi connectivity index (χ1n) is 11.6. The summed E-state index contributed by atoms with van der Waals surface area (Å²) in [5.41, 5.74) is 13.3. The van der Waals surface area contributed by atoms with E-state index in [1.54, 1.807) is 11.1 Å². The number of likely N-dealkylation sites (tertiary alicyclic amines) is 1. The molecule has 2 aromatic rings. The summed E-state index contributed by atoms with van der Waals surface area (Å²) in [4.78, 5) is 18.4. The van der Waals surface area contributed by atoms with Crippen molar-refractivity contribution in [3.05, 3.63) is 41.1 Å². The number of hydrogen-bond donors (Lipinski definition) is 1. The Morgan fingerprint density at radius 1 is 1.22 bits per heavy atom. The lowest BCUT2D eigenvalue weighted by atomic mass is 9.62. The smallest absolute Gasteiger partial charge is 0.410 e. The fraction of sp³-hybridized carbons (Fsp3) is 0.538. The van der Waals surface area contributed by atoms with Gasteiger partial charge in [0.05, 0.1) is 0 Å². The SMILES string of the molecule is Cc1cc2c(c(N)c1-c1ccnc(OC3CC4(C3)CN(C(=O)OC(C)(C)C)C4)c1)CCC2. The highest BCUT2D eigenvalue weighted by atomic mass is 16.6. The third-order valence-electron chi connectivity index (χ3n) is 6.98. The van der Waals surface area contributed by atoms with Gasteiger partial charge < -0.3 is 20.1 Å². The van der Waals surface area contributed by atoms with Gasteiger partial charge in [-0.1, -0.05) is 6.07 Å². The van der Waals surface area contributed by atoms with Crippen LogP contribution < -0.4 is 10.5 Å². The van der Waals surface area contributed by atoms with Gasteiger partial charge in [0.1, 0.15) is 11.7 Å². The molecule has 1 aromatic carbocycles. The number of benzene rings is 1. The number of ether oxygens (including phenoxy) is 2. The zero-order valence-corrected chi connectivity index (χ0v) is 19.5. The Morgan fingerprint density at radius 3 is 2.69 bits per heavy atom. The Kier molecular flexibility index (Phi) is 4.88. The van der Waals surface area contributed by atoms with E-state index in [1.807, 2.05) is 32.9 Å². The Hall–Kier alpha value is -2.76. The van der Waals surface area contributed by atoms with Crippen molar-refractivity contribution >= 4 is 11.8 Å². The molecule has 0 bridgehead atoms. The number of nitrogen functional groups attached to an aromatic ring is 1. The summed E-state index contributed by atoms with van der Waals surface area (Å²) < 4.78 is 11.7. The van der Waals surface area contributed by atoms with E-state index in [9.17, 15) is 4.79 Å². The molecule has 6 nitrogen and oxygen atoms in total. The molecule has 0 radical (unpaired) electrons. The van der Waals surface area contributed by atoms with Gasteiger partial charge in [0.15, 0.2) is 0 Å². The maximum Gasteiger partial charge on any atom is 0.410 e. The van der Waals surface area contributed by atoms with Gasteiger partial charge in [0.2, 0.25) is 5.88 Å². The standard InChI is InChI=1S/C26H33N3O3/c1-16-10-17-6-5-7-20(17)23(27)22(16)18-8-9-28-21(11-18)31-19-12-26(13-19)14-29(15-26)24(30)32-25(2,3)4/h8-11,19H,5-7,12-15,27H2,1-4H3. The van der Waals surface area contributed by atoms with Crippen molar-refractivity contribution in [2.24, 2.45) is 5.41 Å². The van der Waals surface area contributed by atoms with E-state index in [0.717, 1.165) is 55.6 Å². The number of amides is 1. The number of aryl methyl sites for hydroxylation is 2. The van der Waals surface area contributed by atoms with Crippen LogP contribution in [0.5, 0.6) is 5.88 Å². The number of pyridine rings is 1. The van der Waals surface area contributed by atoms with Gasteiger partial charge in [0, 0.05) is 42.0 Å². The molecule has 1 aromatic heterocycles. The van der Waals surface area contributed by atoms with Gasteiger partial charge in [-0.15, -0.1) is 0 Å². The van der Waals surface area contributed by atoms with E-state index >= 15 is 0 Å². The summed E-state index contributed by atoms with van der Waals surface area (Å²) in [6.45, 7) is 9.32. The van der Waals surface area contributed by atoms with Crippen molar-refractivity contribution in [2.75, 3.05) is 18.8 Å². The van der Waals surface area contributed by atoms with Gasteiger partial charge in [-0.3, -0.25) is 0 Å². The van der Waals surface area contributed by atoms with Crippen molar-refractivity contribution in [1.82, 2.24) is 9.88 Å². The van der Waals surface area contributed by atoms with Crippen molar-refractivity contribution in [3.63, 3.8) is 0 Å². The average molecular weight is 436 g/mol. The molecule has 2 N–H and O–H groups in total. The second-order valence-electron chi connectivity index (χ2n) is 10.8. The van der Waals surface area contributed by atoms with Gasteiger partial charge in [-0.25, -0.2) is 9.78 Å². The highest BCUT2D eigenvalue weighted by Gasteiger charge is 2.55. The van der Waals surface area contributed by atoms with Crippen LogP contribution in [0.3, 0.4) is 0 Å². The van der Waals surface area contributed by atoms with Crippen LogP contribution in [0.2, 0.25) is 0 Å². The Morgan fingerprint density at radius 2 is 1.97 bits per heavy atom. The summed E-state index contributed by atoms with van der Waals surface area (Å²) >= 11 is 0. The molecule has 1 spiro atoms. The number of anilines is 1. The summed E-state index contributed by atoms with van der Waals surface area (Å²) in [6.07, 6.45) is 6.98. The van der Waals surface area contributed by atoms with Gasteiger partial charge in [0.25, 0.3) is 0 Å². The van der Waals surface area contributed by atoms with Gasteiger partial charge in [-0.2, -0.15) is 0 Å². The highest BCUT2D eigenvalue weighted by molar-refractivity contribution is 5.83. The molecule has 1 saturated heterocycles. The molecule has 1 amide bonds. The first-order valence-corrected chi connectivity index (χ1v) is 11.6. The van der Waals surface area contributed by atoms with Crippen LogP contribution in [0.1, 0.15) is 56.7 Å². The fourth-order valence-corrected chi connectivity index (χ4v) is 5.58. The minimum absolute atomic E-state index is 0.136. The number of hydrogen-bond acceptors (Lipinski definition) is 5. The second kappa shape index (κ2) is 7.39. The molecular weight excluding hydrogens is 402 g/mol. The number of carbonyl (C=O) groups is 1. The van der Waals surface area contributed by atoms with Gasteiger partial charge >= 0.3 is 6.09 Å². The molecular formula is C26H33N3O3. The largest absolute Gasteiger partial charge is 0.474 e. The van der Waals surface area contributed by atoms with Crippen LogP contribution in [-0.4, -0.2) is 40.8 Å². The quantitative estimate of drug-likeness (QED) is 0.694. The first kappa shape index (κ1) is 21.1. The molecule has 1 saturated carbocycles. The topological polar surface area (TPSA) is 77.7 Å². The molecule has 32 heavy (non-hydrogen) atoms. The monoisotopic (exact) mass is 435 g/mol. The van der Waals surface area contributed by atoms with Crippen molar-refractivity contribution in [1.29, 1.82) is 0 Å². The van der Waals surface area contributed by atoms with Crippen LogP contribution >= 0.6 is 0 Å². The molecule has 2 aliphatic carbocycles. The lowest BCUT2D eigenvalue weighted by Crippen LogP contribution is -2.66. The zero-order chi connectivity index (χ0) is 22.7. The molecule has 2 fully saturated rings. The number of fused-ring (bicyclic) bond motifs is 1. The Labute approximate surface area is 190 Å². The molecule has 0 atom stereocenters. The molecule has 0 unspecified atom stereocenters. The Balaban J connectivity index is 1.22. The maximum atomic E-state index is 12.2. The second-order valence-corrected chi connectivity index (χ2v) is 10.8. The lowest BCUT2D eigenvalue weighted by Gasteiger charge is -2.57. The van der Waals surface area contributed by atoms with E-state index in [2.05, 4.69) is 18.0 Å². The number of rotatable bonds is 3. The number of nitrogens with two attached hydrogens (primary N) is 1. The minimum Gasteiger partial charge on any atom is -0.474 e. The predicted molar refractivity (Wildman–Crippen MR) is 125 cm³/mol. The zero-order valence-electron chi connectivity index (χ0n) is 19.5. The lowest BCUT2D eigenvalue weighted by molar-refractivity contribution is -0.117. The first-order chi connectivity index (χ1) is 15.1. The summed E-state index contributed by atoms with van der Waals surface area (Å²) in [5.74, 6) is 0.643. The Bertz CT molecular complexity index is 1060. The predicted octanol–water partition coefficient (Wildman–Crippen LogP) is 4.91. The van der Waals surface area contributed by atoms with Crippen LogP contribution in [0.25, 0.3) is 11.1 Å². The fourth-order valence-electron chi connectivity index (χ4n) is 5.58. The highest BCUT2D eigenvalue weighted by Crippen LogP contribution is 2.50. The van der Waals surface area contributed by atoms with E-state index in [1.165, 1.54) is 23.1 Å². The third-order valence-corrected chi connectivity index (χ3v) is 6.98. The molecule has 5 rings (SSSR count). The molecule has 2 heterocycles. The maximum absolute atomic E-state index is 12.2. The van der Waals surface area contributed by atoms with E-state index in [0.29, 0.717) is 5.88 Å². The van der Waals surface area contributed by atoms with Crippen molar-refractivity contribution < 1.29 is 14.3 Å². The van der Waals surface area contributed by atoms with Crippen molar-refractivity contribution in [2.45, 2.75) is 71.5 Å². The molecule has 3 aliphatic rings. The molecule has 1 aliphatic heterocycles. The summed E-state index contributed by atoms with van der Waals surface area (Å²) in [7, 11) is 0. The summed E-state index contributed by atoms with van der Waals surface area (Å²) in [6, 6.07) is 6.32. The average Bonchev–Trinajstić information content (AvgIpc) is 3.10. The van der Waals surface area contributed by atoms with Crippen molar-refractivity contribution in [3.8, 4) is 17.0 Å². The minimum atomic E-state index is -0.456. The number of nitrogens with zero attached hydrogens (tertiary/aromatic N) is 2. The molecule has 6 heteroatoms. The normalized spacial score (nSPS) is 19.3. The third kappa shape index (κ3) is 3.80. The van der Waals surface area contributed by atoms with Crippen LogP contribution in [0.4, 0.5) is 10.5 Å². The van der Waals surface area contributed by atoms with E-state index < -0.39 is 5.60 Å². The van der Waals surface area contributed by atoms with Crippen LogP contribution in [0, 0.1) is 12.3 Å². The molecule has 170 valence electrons. The van der Waals surface area contributed by atoms with Crippen LogP contribution in [0.15, 0.2) is 24.4 Å².